The third-order valence-electron chi connectivity index (χ3n) is 8.03. The molecule has 0 radical (unpaired) electrons. The molecule has 15 heteroatoms. The number of nitrogens with one attached hydrogen (secondary N) is 2. The maximum absolute atomic E-state index is 14.5. The van der Waals surface area contributed by atoms with Gasteiger partial charge in [0.05, 0.1) is 17.8 Å². The van der Waals surface area contributed by atoms with Crippen LogP contribution < -0.4 is 20.1 Å². The summed E-state index contributed by atoms with van der Waals surface area (Å²) in [6.07, 6.45) is 4.97. The summed E-state index contributed by atoms with van der Waals surface area (Å²) < 4.78 is 28.2. The van der Waals surface area contributed by atoms with Crippen molar-refractivity contribution in [2.24, 2.45) is 0 Å². The third kappa shape index (κ3) is 6.21. The number of nitrogens with zero attached hydrogens (tertiary/aromatic N) is 4. The minimum absolute atomic E-state index is 0.0543. The predicted molar refractivity (Wildman–Crippen MR) is 158 cm³/mol. The van der Waals surface area contributed by atoms with Crippen molar-refractivity contribution in [3.63, 3.8) is 0 Å². The fraction of sp³-hybridized carbons (Fsp3) is 0.333. The minimum Gasteiger partial charge on any atom is -0.488 e. The topological polar surface area (TPSA) is 178 Å². The summed E-state index contributed by atoms with van der Waals surface area (Å²) in [7, 11) is 0. The maximum Gasteiger partial charge on any atom is 0.338 e. The average molecular weight is 637 g/mol. The number of thiazole rings is 1. The van der Waals surface area contributed by atoms with E-state index in [0.29, 0.717) is 42.4 Å². The van der Waals surface area contributed by atoms with Crippen molar-refractivity contribution in [1.82, 2.24) is 25.3 Å². The van der Waals surface area contributed by atoms with E-state index in [1.54, 1.807) is 23.8 Å². The second-order valence-corrected chi connectivity index (χ2v) is 12.1. The lowest BCUT2D eigenvalue weighted by Gasteiger charge is -2.37. The van der Waals surface area contributed by atoms with Crippen molar-refractivity contribution >= 4 is 34.3 Å². The Kier molecular flexibility index (Phi) is 7.97. The van der Waals surface area contributed by atoms with Crippen LogP contribution in [0.15, 0.2) is 48.1 Å². The van der Waals surface area contributed by atoms with E-state index in [1.807, 2.05) is 13.0 Å². The van der Waals surface area contributed by atoms with Crippen LogP contribution in [0.1, 0.15) is 53.4 Å². The Morgan fingerprint density at radius 3 is 2.69 bits per heavy atom. The van der Waals surface area contributed by atoms with E-state index in [9.17, 15) is 29.0 Å². The van der Waals surface area contributed by atoms with E-state index in [-0.39, 0.29) is 37.0 Å². The van der Waals surface area contributed by atoms with Crippen LogP contribution in [0.3, 0.4) is 0 Å². The van der Waals surface area contributed by atoms with E-state index < -0.39 is 34.3 Å². The number of halogens is 1. The molecule has 1 amide bonds. The molecule has 0 bridgehead atoms. The smallest absolute Gasteiger partial charge is 0.338 e. The van der Waals surface area contributed by atoms with Gasteiger partial charge in [-0.3, -0.25) is 9.59 Å². The summed E-state index contributed by atoms with van der Waals surface area (Å²) in [5, 5.41) is 35.4. The van der Waals surface area contributed by atoms with Crippen molar-refractivity contribution in [1.29, 1.82) is 0 Å². The van der Waals surface area contributed by atoms with Crippen molar-refractivity contribution in [3.8, 4) is 17.2 Å². The number of aliphatic carboxylic acids is 1. The van der Waals surface area contributed by atoms with Gasteiger partial charge >= 0.3 is 11.9 Å². The molecule has 0 unspecified atom stereocenters. The van der Waals surface area contributed by atoms with Gasteiger partial charge in [0.1, 0.15) is 23.6 Å². The molecule has 4 N–H and O–H groups in total. The Hall–Kier alpha value is -4.89. The van der Waals surface area contributed by atoms with Gasteiger partial charge in [0.2, 0.25) is 5.91 Å². The Labute approximate surface area is 260 Å². The van der Waals surface area contributed by atoms with E-state index in [2.05, 4.69) is 25.9 Å². The fourth-order valence-corrected chi connectivity index (χ4v) is 6.00. The van der Waals surface area contributed by atoms with Crippen LogP contribution in [-0.2, 0) is 33.5 Å². The number of aromatic nitrogens is 4. The zero-order valence-corrected chi connectivity index (χ0v) is 24.9. The summed E-state index contributed by atoms with van der Waals surface area (Å²) in [5.74, 6) is -2.88. The molecule has 3 heterocycles. The summed E-state index contributed by atoms with van der Waals surface area (Å²) in [4.78, 5) is 40.0. The molecule has 1 saturated carbocycles. The number of carboxylic acids is 2. The molecule has 2 aliphatic rings. The third-order valence-corrected chi connectivity index (χ3v) is 8.72. The van der Waals surface area contributed by atoms with E-state index in [0.717, 1.165) is 23.3 Å². The molecule has 234 valence electrons. The number of fused-ring (bicyclic) bond motifs is 1. The first-order valence-electron chi connectivity index (χ1n) is 14.2. The average Bonchev–Trinajstić information content (AvgIpc) is 3.39. The standard InChI is InChI=1S/C30H29FN6O7S/c1-29(15-25(38)34-28-32-8-11-45-28)20-14-23(44-18-2-3-19(26(39)40)21(31)13-18)22(12-17(20)4-7-33-29)43-10-9-37-16-24(35-36-37)30(5-6-30)27(41)42/h2-3,8,11-14,16,33H,4-7,9-10,15H2,1H3,(H,39,40)(H,41,42)(H,32,34,38)/t29-/m1/s1. The molecular weight excluding hydrogens is 607 g/mol. The number of amides is 1. The number of ether oxygens (including phenoxy) is 2. The number of benzene rings is 2. The zero-order valence-electron chi connectivity index (χ0n) is 24.1. The highest BCUT2D eigenvalue weighted by atomic mass is 32.1. The molecule has 2 aromatic heterocycles. The Morgan fingerprint density at radius 2 is 2.00 bits per heavy atom. The van der Waals surface area contributed by atoms with Crippen LogP contribution in [0, 0.1) is 5.82 Å². The summed E-state index contributed by atoms with van der Waals surface area (Å²) in [5.41, 5.74) is -0.127. The molecule has 2 aromatic carbocycles. The van der Waals surface area contributed by atoms with Gasteiger partial charge in [-0.1, -0.05) is 5.21 Å². The summed E-state index contributed by atoms with van der Waals surface area (Å²) >= 11 is 1.32. The normalized spacial score (nSPS) is 18.1. The molecule has 0 saturated heterocycles. The lowest BCUT2D eigenvalue weighted by Crippen LogP contribution is -2.47. The van der Waals surface area contributed by atoms with Gasteiger partial charge in [-0.15, -0.1) is 16.4 Å². The second-order valence-electron chi connectivity index (χ2n) is 11.2. The van der Waals surface area contributed by atoms with Crippen LogP contribution >= 0.6 is 11.3 Å². The summed E-state index contributed by atoms with van der Waals surface area (Å²) in [6.45, 7) is 2.89. The van der Waals surface area contributed by atoms with Gasteiger partial charge < -0.3 is 30.3 Å². The van der Waals surface area contributed by atoms with Crippen LogP contribution in [0.5, 0.6) is 17.2 Å². The van der Waals surface area contributed by atoms with Crippen LogP contribution in [0.4, 0.5) is 9.52 Å². The molecule has 0 spiro atoms. The molecule has 6 rings (SSSR count). The Morgan fingerprint density at radius 1 is 1.18 bits per heavy atom. The lowest BCUT2D eigenvalue weighted by molar-refractivity contribution is -0.140. The first-order chi connectivity index (χ1) is 21.6. The van der Waals surface area contributed by atoms with Crippen LogP contribution in [0.25, 0.3) is 0 Å². The van der Waals surface area contributed by atoms with Gasteiger partial charge in [-0.2, -0.15) is 0 Å². The van der Waals surface area contributed by atoms with Gasteiger partial charge in [0.25, 0.3) is 0 Å². The highest BCUT2D eigenvalue weighted by Gasteiger charge is 2.54. The number of aromatic carboxylic acids is 1. The van der Waals surface area contributed by atoms with Crippen molar-refractivity contribution in [2.45, 2.75) is 50.1 Å². The van der Waals surface area contributed by atoms with Gasteiger partial charge in [-0.05, 0) is 61.6 Å². The first kappa shape index (κ1) is 30.1. The molecular formula is C30H29FN6O7S. The predicted octanol–water partition coefficient (Wildman–Crippen LogP) is 3.95. The first-order valence-corrected chi connectivity index (χ1v) is 15.0. The van der Waals surface area contributed by atoms with Gasteiger partial charge in [0, 0.05) is 42.3 Å². The number of carbonyl (C=O) groups is 3. The largest absolute Gasteiger partial charge is 0.488 e. The zero-order chi connectivity index (χ0) is 31.8. The summed E-state index contributed by atoms with van der Waals surface area (Å²) in [6, 6.07) is 7.02. The number of hydrogen-bond acceptors (Lipinski definition) is 10. The van der Waals surface area contributed by atoms with Crippen molar-refractivity contribution in [3.05, 3.63) is 76.3 Å². The lowest BCUT2D eigenvalue weighted by atomic mass is 9.81. The van der Waals surface area contributed by atoms with E-state index in [4.69, 9.17) is 9.47 Å². The molecule has 1 atom stereocenters. The number of carbonyl (C=O) groups excluding carboxylic acids is 1. The number of anilines is 1. The van der Waals surface area contributed by atoms with E-state index in [1.165, 1.54) is 22.1 Å². The highest BCUT2D eigenvalue weighted by molar-refractivity contribution is 7.13. The van der Waals surface area contributed by atoms with E-state index >= 15 is 0 Å². The molecule has 45 heavy (non-hydrogen) atoms. The van der Waals surface area contributed by atoms with Crippen LogP contribution in [0.2, 0.25) is 0 Å². The molecule has 1 fully saturated rings. The molecule has 13 nitrogen and oxygen atoms in total. The Bertz CT molecular complexity index is 1770. The quantitative estimate of drug-likeness (QED) is 0.177. The van der Waals surface area contributed by atoms with Gasteiger partial charge in [-0.25, -0.2) is 18.9 Å². The van der Waals surface area contributed by atoms with Crippen LogP contribution in [-0.4, -0.2) is 61.2 Å². The second kappa shape index (κ2) is 11.9. The van der Waals surface area contributed by atoms with Crippen molar-refractivity contribution < 1.29 is 38.5 Å². The molecule has 1 aliphatic heterocycles. The maximum atomic E-state index is 14.5. The minimum atomic E-state index is -1.40. The molecule has 1 aliphatic carbocycles. The monoisotopic (exact) mass is 636 g/mol. The molecule has 4 aromatic rings. The Balaban J connectivity index is 1.26. The SMILES string of the molecule is C[C@]1(CC(=O)Nc2nccs2)NCCc2cc(OCCn3cc(C4(C(=O)O)CC4)nn3)c(Oc3ccc(C(=O)O)c(F)c3)cc21. The fourth-order valence-electron chi connectivity index (χ4n) is 5.45. The number of carboxylic acid groups (broad SMARTS) is 2. The highest BCUT2D eigenvalue weighted by Crippen LogP contribution is 2.47. The van der Waals surface area contributed by atoms with Crippen molar-refractivity contribution in [2.75, 3.05) is 18.5 Å². The number of rotatable bonds is 12. The van der Waals surface area contributed by atoms with Gasteiger partial charge in [0.15, 0.2) is 16.6 Å². The number of hydrogen-bond donors (Lipinski definition) is 4.